The molecular formula is C23H22N2O4S2. The van der Waals surface area contributed by atoms with Gasteiger partial charge in [-0.3, -0.25) is 0 Å². The van der Waals surface area contributed by atoms with Gasteiger partial charge in [-0.25, -0.2) is 9.59 Å². The minimum atomic E-state index is -0.437. The number of anilines is 2. The molecule has 3 rings (SSSR count). The Hall–Kier alpha value is -3.23. The Balaban J connectivity index is 1.90. The summed E-state index contributed by atoms with van der Waals surface area (Å²) in [5.41, 5.74) is 3.22. The van der Waals surface area contributed by atoms with Gasteiger partial charge in [0.2, 0.25) is 0 Å². The van der Waals surface area contributed by atoms with Crippen LogP contribution in [0.25, 0.3) is 11.1 Å². The minimum absolute atomic E-state index is 0.268. The maximum Gasteiger partial charge on any atom is 0.341 e. The van der Waals surface area contributed by atoms with Gasteiger partial charge in [0.15, 0.2) is 5.11 Å². The van der Waals surface area contributed by atoms with Crippen LogP contribution in [0.15, 0.2) is 54.6 Å². The van der Waals surface area contributed by atoms with Crippen LogP contribution in [0.5, 0.6) is 0 Å². The summed E-state index contributed by atoms with van der Waals surface area (Å²) in [6.07, 6.45) is 0. The SMILES string of the molecule is CCOC(=O)c1c(NC(=S)Nc2cccc(C(=O)OC)c2)sc(C)c1-c1ccccc1. The van der Waals surface area contributed by atoms with E-state index in [4.69, 9.17) is 21.7 Å². The predicted molar refractivity (Wildman–Crippen MR) is 128 cm³/mol. The van der Waals surface area contributed by atoms with Gasteiger partial charge in [0, 0.05) is 16.1 Å². The van der Waals surface area contributed by atoms with Crippen molar-refractivity contribution in [3.05, 3.63) is 70.6 Å². The second-order valence-electron chi connectivity index (χ2n) is 6.48. The Kier molecular flexibility index (Phi) is 7.38. The monoisotopic (exact) mass is 454 g/mol. The number of hydrogen-bond donors (Lipinski definition) is 2. The molecule has 31 heavy (non-hydrogen) atoms. The molecule has 2 aromatic carbocycles. The van der Waals surface area contributed by atoms with E-state index >= 15 is 0 Å². The number of ether oxygens (including phenoxy) is 2. The zero-order valence-corrected chi connectivity index (χ0v) is 19.0. The van der Waals surface area contributed by atoms with Crippen molar-refractivity contribution < 1.29 is 19.1 Å². The molecule has 0 radical (unpaired) electrons. The molecule has 0 unspecified atom stereocenters. The van der Waals surface area contributed by atoms with E-state index in [9.17, 15) is 9.59 Å². The zero-order chi connectivity index (χ0) is 22.4. The zero-order valence-electron chi connectivity index (χ0n) is 17.4. The Bertz CT molecular complexity index is 1110. The molecule has 0 saturated carbocycles. The van der Waals surface area contributed by atoms with Gasteiger partial charge in [0.1, 0.15) is 10.6 Å². The van der Waals surface area contributed by atoms with E-state index < -0.39 is 11.9 Å². The standard InChI is InChI=1S/C23H22N2O4S2/c1-4-29-22(27)19-18(15-9-6-5-7-10-15)14(2)31-20(19)25-23(30)24-17-12-8-11-16(13-17)21(26)28-3/h5-13H,4H2,1-3H3,(H2,24,25,30). The lowest BCUT2D eigenvalue weighted by Crippen LogP contribution is -2.20. The fraction of sp³-hybridized carbons (Fsp3) is 0.174. The lowest BCUT2D eigenvalue weighted by atomic mass is 10.0. The number of nitrogens with one attached hydrogen (secondary N) is 2. The number of aryl methyl sites for hydroxylation is 1. The van der Waals surface area contributed by atoms with Gasteiger partial charge in [-0.2, -0.15) is 0 Å². The molecule has 6 nitrogen and oxygen atoms in total. The third kappa shape index (κ3) is 5.28. The first-order chi connectivity index (χ1) is 14.9. The second-order valence-corrected chi connectivity index (χ2v) is 8.11. The van der Waals surface area contributed by atoms with Crippen LogP contribution in [-0.2, 0) is 9.47 Å². The molecule has 160 valence electrons. The largest absolute Gasteiger partial charge is 0.465 e. The van der Waals surface area contributed by atoms with Crippen LogP contribution in [0.1, 0.15) is 32.5 Å². The molecule has 0 spiro atoms. The Morgan fingerprint density at radius 2 is 1.77 bits per heavy atom. The van der Waals surface area contributed by atoms with Crippen molar-refractivity contribution >= 4 is 51.3 Å². The van der Waals surface area contributed by atoms with Crippen molar-refractivity contribution in [3.8, 4) is 11.1 Å². The number of hydrogen-bond acceptors (Lipinski definition) is 6. The summed E-state index contributed by atoms with van der Waals surface area (Å²) in [5, 5.41) is 7.04. The van der Waals surface area contributed by atoms with Crippen LogP contribution in [0.2, 0.25) is 0 Å². The predicted octanol–water partition coefficient (Wildman–Crippen LogP) is 5.50. The quantitative estimate of drug-likeness (QED) is 0.376. The topological polar surface area (TPSA) is 76.7 Å². The summed E-state index contributed by atoms with van der Waals surface area (Å²) in [7, 11) is 1.33. The van der Waals surface area contributed by atoms with Gasteiger partial charge < -0.3 is 20.1 Å². The molecule has 3 aromatic rings. The van der Waals surface area contributed by atoms with Gasteiger partial charge >= 0.3 is 11.9 Å². The average Bonchev–Trinajstić information content (AvgIpc) is 3.09. The lowest BCUT2D eigenvalue weighted by Gasteiger charge is -2.12. The molecule has 0 bridgehead atoms. The van der Waals surface area contributed by atoms with Crippen LogP contribution in [-0.4, -0.2) is 30.8 Å². The molecule has 1 aromatic heterocycles. The first kappa shape index (κ1) is 22.5. The third-order valence-electron chi connectivity index (χ3n) is 4.39. The van der Waals surface area contributed by atoms with Crippen molar-refractivity contribution in [2.45, 2.75) is 13.8 Å². The van der Waals surface area contributed by atoms with Gasteiger partial charge in [0.05, 0.1) is 19.3 Å². The number of carbonyl (C=O) groups excluding carboxylic acids is 2. The van der Waals surface area contributed by atoms with Crippen LogP contribution in [0.3, 0.4) is 0 Å². The number of carbonyl (C=O) groups is 2. The van der Waals surface area contributed by atoms with Crippen LogP contribution >= 0.6 is 23.6 Å². The van der Waals surface area contributed by atoms with Crippen molar-refractivity contribution in [2.24, 2.45) is 0 Å². The molecule has 0 aliphatic rings. The Morgan fingerprint density at radius 1 is 1.03 bits per heavy atom. The smallest absolute Gasteiger partial charge is 0.341 e. The molecule has 0 fully saturated rings. The molecular weight excluding hydrogens is 432 g/mol. The van der Waals surface area contributed by atoms with E-state index in [2.05, 4.69) is 10.6 Å². The van der Waals surface area contributed by atoms with E-state index in [1.807, 2.05) is 37.3 Å². The Morgan fingerprint density at radius 3 is 2.45 bits per heavy atom. The number of benzene rings is 2. The molecule has 0 aliphatic heterocycles. The number of thiophene rings is 1. The van der Waals surface area contributed by atoms with E-state index in [0.29, 0.717) is 21.8 Å². The van der Waals surface area contributed by atoms with Crippen LogP contribution < -0.4 is 10.6 Å². The second kappa shape index (κ2) is 10.2. The molecule has 8 heteroatoms. The van der Waals surface area contributed by atoms with E-state index in [0.717, 1.165) is 16.0 Å². The molecule has 0 saturated heterocycles. The van der Waals surface area contributed by atoms with Crippen molar-refractivity contribution in [3.63, 3.8) is 0 Å². The molecule has 0 aliphatic carbocycles. The normalized spacial score (nSPS) is 10.3. The number of methoxy groups -OCH3 is 1. The van der Waals surface area contributed by atoms with E-state index in [-0.39, 0.29) is 11.7 Å². The highest BCUT2D eigenvalue weighted by Crippen LogP contribution is 2.40. The maximum absolute atomic E-state index is 12.8. The van der Waals surface area contributed by atoms with Crippen LogP contribution in [0, 0.1) is 6.92 Å². The van der Waals surface area contributed by atoms with Crippen molar-refractivity contribution in [1.82, 2.24) is 0 Å². The lowest BCUT2D eigenvalue weighted by molar-refractivity contribution is 0.0527. The van der Waals surface area contributed by atoms with E-state index in [1.54, 1.807) is 31.2 Å². The summed E-state index contributed by atoms with van der Waals surface area (Å²) < 4.78 is 10.1. The summed E-state index contributed by atoms with van der Waals surface area (Å²) in [4.78, 5) is 25.5. The number of thiocarbonyl (C=S) groups is 1. The summed E-state index contributed by atoms with van der Waals surface area (Å²) in [5.74, 6) is -0.850. The fourth-order valence-electron chi connectivity index (χ4n) is 3.09. The summed E-state index contributed by atoms with van der Waals surface area (Å²) in [6.45, 7) is 3.99. The minimum Gasteiger partial charge on any atom is -0.465 e. The highest BCUT2D eigenvalue weighted by atomic mass is 32.1. The summed E-state index contributed by atoms with van der Waals surface area (Å²) in [6, 6.07) is 16.5. The van der Waals surface area contributed by atoms with Crippen molar-refractivity contribution in [1.29, 1.82) is 0 Å². The van der Waals surface area contributed by atoms with Crippen LogP contribution in [0.4, 0.5) is 10.7 Å². The maximum atomic E-state index is 12.8. The molecule has 0 atom stereocenters. The average molecular weight is 455 g/mol. The number of esters is 2. The third-order valence-corrected chi connectivity index (χ3v) is 5.62. The first-order valence-corrected chi connectivity index (χ1v) is 10.8. The van der Waals surface area contributed by atoms with Gasteiger partial charge in [-0.1, -0.05) is 36.4 Å². The molecule has 1 heterocycles. The van der Waals surface area contributed by atoms with Crippen molar-refractivity contribution in [2.75, 3.05) is 24.4 Å². The highest BCUT2D eigenvalue weighted by molar-refractivity contribution is 7.80. The summed E-state index contributed by atoms with van der Waals surface area (Å²) >= 11 is 6.88. The first-order valence-electron chi connectivity index (χ1n) is 9.56. The van der Waals surface area contributed by atoms with Gasteiger partial charge in [-0.15, -0.1) is 11.3 Å². The Labute approximate surface area is 190 Å². The van der Waals surface area contributed by atoms with Gasteiger partial charge in [0.25, 0.3) is 0 Å². The van der Waals surface area contributed by atoms with E-state index in [1.165, 1.54) is 18.4 Å². The fourth-order valence-corrected chi connectivity index (χ4v) is 4.44. The number of rotatable bonds is 6. The molecule has 2 N–H and O–H groups in total. The highest BCUT2D eigenvalue weighted by Gasteiger charge is 2.25. The molecule has 0 amide bonds. The van der Waals surface area contributed by atoms with Gasteiger partial charge in [-0.05, 0) is 49.8 Å².